The van der Waals surface area contributed by atoms with Crippen LogP contribution in [0.3, 0.4) is 0 Å². The van der Waals surface area contributed by atoms with Crippen LogP contribution in [0.15, 0.2) is 24.3 Å². The summed E-state index contributed by atoms with van der Waals surface area (Å²) in [5.74, 6) is 0. The van der Waals surface area contributed by atoms with E-state index in [2.05, 4.69) is 47.6 Å². The van der Waals surface area contributed by atoms with Crippen molar-refractivity contribution in [1.82, 2.24) is 0 Å². The molecule has 0 aromatic carbocycles. The molecule has 0 bridgehead atoms. The molecular weight excluding hydrogens is 387 g/mol. The molecule has 0 aliphatic heterocycles. The van der Waals surface area contributed by atoms with Crippen molar-refractivity contribution in [2.45, 2.75) is 51.9 Å². The van der Waals surface area contributed by atoms with Crippen LogP contribution in [0.2, 0.25) is 0 Å². The molecule has 0 radical (unpaired) electrons. The third kappa shape index (κ3) is 20.5. The topological polar surface area (TPSA) is 0 Å². The Kier molecular flexibility index (Phi) is 23.7. The van der Waals surface area contributed by atoms with E-state index in [-0.39, 0.29) is 0 Å². The molecule has 0 aromatic rings. The van der Waals surface area contributed by atoms with Gasteiger partial charge in [-0.15, -0.1) is 0 Å². The normalized spacial score (nSPS) is 16.1. The third-order valence-electron chi connectivity index (χ3n) is 1.94. The van der Waals surface area contributed by atoms with Crippen molar-refractivity contribution in [3.05, 3.63) is 31.2 Å². The van der Waals surface area contributed by atoms with Crippen LogP contribution in [-0.4, -0.2) is 0 Å². The zero-order valence-corrected chi connectivity index (χ0v) is 12.7. The van der Waals surface area contributed by atoms with Crippen LogP contribution in [0.25, 0.3) is 0 Å². The standard InChI is InChI=1S/C8H12.C5H11.ClH.Pt/c1-2-4-6-8-7-5-3-1;1-3-5-4-2;;/h1-2,7-8H,3-6H2;1,3-5H2,2H3;1H;/q;-1;;+2/p-1/b2-1-,8-7?;;;. The molecule has 0 nitrogen and oxygen atoms in total. The van der Waals surface area contributed by atoms with Crippen LogP contribution in [0.4, 0.5) is 0 Å². The summed E-state index contributed by atoms with van der Waals surface area (Å²) in [6.45, 7) is 5.85. The summed E-state index contributed by atoms with van der Waals surface area (Å²) < 4.78 is 0. The van der Waals surface area contributed by atoms with Gasteiger partial charge in [-0.3, -0.25) is 0 Å². The third-order valence-corrected chi connectivity index (χ3v) is 1.94. The van der Waals surface area contributed by atoms with E-state index in [1.54, 1.807) is 18.8 Å². The molecule has 0 aromatic heterocycles. The van der Waals surface area contributed by atoms with E-state index in [9.17, 15) is 0 Å². The van der Waals surface area contributed by atoms with Gasteiger partial charge in [0.1, 0.15) is 0 Å². The van der Waals surface area contributed by atoms with E-state index in [0.717, 1.165) is 6.42 Å². The van der Waals surface area contributed by atoms with Crippen molar-refractivity contribution in [1.29, 1.82) is 0 Å². The summed E-state index contributed by atoms with van der Waals surface area (Å²) in [6.07, 6.45) is 17.7. The average molecular weight is 410 g/mol. The van der Waals surface area contributed by atoms with Crippen molar-refractivity contribution >= 4 is 9.42 Å². The molecule has 15 heavy (non-hydrogen) atoms. The van der Waals surface area contributed by atoms with Gasteiger partial charge < -0.3 is 6.92 Å². The van der Waals surface area contributed by atoms with Gasteiger partial charge in [0.05, 0.1) is 0 Å². The van der Waals surface area contributed by atoms with Gasteiger partial charge in [-0.2, -0.15) is 6.42 Å². The van der Waals surface area contributed by atoms with Crippen LogP contribution in [0.1, 0.15) is 51.9 Å². The van der Waals surface area contributed by atoms with E-state index in [0.29, 0.717) is 0 Å². The second-order valence-electron chi connectivity index (χ2n) is 3.30. The summed E-state index contributed by atoms with van der Waals surface area (Å²) in [5, 5.41) is 0. The fourth-order valence-corrected chi connectivity index (χ4v) is 1.11. The molecule has 0 N–H and O–H groups in total. The first kappa shape index (κ1) is 17.8. The summed E-state index contributed by atoms with van der Waals surface area (Å²) in [7, 11) is 4.61. The molecule has 0 saturated carbocycles. The van der Waals surface area contributed by atoms with Crippen molar-refractivity contribution in [3.8, 4) is 0 Å². The van der Waals surface area contributed by atoms with Crippen molar-refractivity contribution in [2.24, 2.45) is 0 Å². The first-order valence-corrected chi connectivity index (χ1v) is 8.44. The number of halogens is 1. The van der Waals surface area contributed by atoms with Gasteiger partial charge in [0.2, 0.25) is 0 Å². The number of allylic oxidation sites excluding steroid dienone is 4. The monoisotopic (exact) mass is 409 g/mol. The van der Waals surface area contributed by atoms with E-state index in [1.807, 2.05) is 0 Å². The molecule has 92 valence electrons. The molecular formula is C13H23ClPt. The summed E-state index contributed by atoms with van der Waals surface area (Å²) >= 11 is 1.61. The summed E-state index contributed by atoms with van der Waals surface area (Å²) in [5.41, 5.74) is 0. The second kappa shape index (κ2) is 19.9. The zero-order valence-electron chi connectivity index (χ0n) is 9.66. The zero-order chi connectivity index (χ0) is 11.8. The predicted octanol–water partition coefficient (Wildman–Crippen LogP) is 5.37. The summed E-state index contributed by atoms with van der Waals surface area (Å²) in [4.78, 5) is 0. The molecule has 1 rings (SSSR count). The minimum atomic E-state index is 1.09. The Morgan fingerprint density at radius 2 is 1.33 bits per heavy atom. The molecule has 0 heterocycles. The Hall–Kier alpha value is 0.458. The van der Waals surface area contributed by atoms with Crippen molar-refractivity contribution in [3.63, 3.8) is 0 Å². The van der Waals surface area contributed by atoms with Gasteiger partial charge in [-0.1, -0.05) is 44.1 Å². The maximum atomic E-state index is 4.61. The molecule has 2 heteroatoms. The van der Waals surface area contributed by atoms with Crippen LogP contribution < -0.4 is 0 Å². The number of hydrogen-bond acceptors (Lipinski definition) is 0. The van der Waals surface area contributed by atoms with Gasteiger partial charge >= 0.3 is 28.2 Å². The fourth-order valence-electron chi connectivity index (χ4n) is 1.11. The second-order valence-corrected chi connectivity index (χ2v) is 3.30. The Morgan fingerprint density at radius 1 is 1.00 bits per heavy atom. The van der Waals surface area contributed by atoms with Crippen molar-refractivity contribution < 1.29 is 18.8 Å². The van der Waals surface area contributed by atoms with E-state index >= 15 is 0 Å². The average Bonchev–Trinajstić information content (AvgIpc) is 2.22. The van der Waals surface area contributed by atoms with Gasteiger partial charge in [0, 0.05) is 0 Å². The van der Waals surface area contributed by atoms with Gasteiger partial charge in [-0.05, 0) is 25.7 Å². The Morgan fingerprint density at radius 3 is 1.47 bits per heavy atom. The molecule has 0 fully saturated rings. The predicted molar refractivity (Wildman–Crippen MR) is 67.5 cm³/mol. The van der Waals surface area contributed by atoms with E-state index < -0.39 is 0 Å². The quantitative estimate of drug-likeness (QED) is 0.425. The molecule has 1 aliphatic rings. The van der Waals surface area contributed by atoms with E-state index in [1.165, 1.54) is 38.5 Å². The van der Waals surface area contributed by atoms with Gasteiger partial charge in [0.25, 0.3) is 0 Å². The van der Waals surface area contributed by atoms with Gasteiger partial charge in [-0.25, -0.2) is 0 Å². The Balaban J connectivity index is 0. The number of unbranched alkanes of at least 4 members (excludes halogenated alkanes) is 2. The first-order valence-electron chi connectivity index (χ1n) is 5.63. The van der Waals surface area contributed by atoms with Crippen LogP contribution in [0, 0.1) is 6.92 Å². The summed E-state index contributed by atoms with van der Waals surface area (Å²) in [6, 6.07) is 0. The Bertz CT molecular complexity index is 113. The molecule has 0 spiro atoms. The molecule has 1 aliphatic carbocycles. The maximum absolute atomic E-state index is 4.61. The molecule has 0 unspecified atom stereocenters. The Labute approximate surface area is 111 Å². The minimum absolute atomic E-state index is 1.09. The first-order chi connectivity index (χ1) is 7.41. The number of hydrogen-bond donors (Lipinski definition) is 0. The SMILES string of the molecule is C1=CCC/C=C\CC1.[CH2-]CCCC.[Cl][Pt+]. The van der Waals surface area contributed by atoms with Crippen molar-refractivity contribution in [2.75, 3.05) is 0 Å². The van der Waals surface area contributed by atoms with E-state index in [4.69, 9.17) is 0 Å². The molecule has 0 saturated heterocycles. The van der Waals surface area contributed by atoms with Gasteiger partial charge in [0.15, 0.2) is 0 Å². The molecule has 0 atom stereocenters. The van der Waals surface area contributed by atoms with Crippen LogP contribution in [-0.2, 0) is 18.8 Å². The van der Waals surface area contributed by atoms with Crippen LogP contribution >= 0.6 is 9.42 Å². The van der Waals surface area contributed by atoms with Crippen LogP contribution in [0.5, 0.6) is 0 Å². The fraction of sp³-hybridized carbons (Fsp3) is 0.615. The molecule has 0 amide bonds. The number of rotatable bonds is 2.